The normalized spacial score (nSPS) is 11.8. The number of fused-ring (bicyclic) bond motifs is 8. The number of rotatable bonds is 4. The summed E-state index contributed by atoms with van der Waals surface area (Å²) in [7, 11) is 0. The molecule has 0 bridgehead atoms. The van der Waals surface area contributed by atoms with E-state index in [1.54, 1.807) is 0 Å². The third-order valence-electron chi connectivity index (χ3n) is 10.1. The number of benzene rings is 8. The molecule has 5 heteroatoms. The molecule has 0 spiro atoms. The largest absolute Gasteiger partial charge is 0.456 e. The molecule has 0 saturated carbocycles. The Hall–Kier alpha value is -7.11. The van der Waals surface area contributed by atoms with Crippen LogP contribution < -0.4 is 0 Å². The van der Waals surface area contributed by atoms with E-state index in [-0.39, 0.29) is 0 Å². The molecule has 0 unspecified atom stereocenters. The first-order valence-electron chi connectivity index (χ1n) is 17.3. The van der Waals surface area contributed by atoms with Crippen LogP contribution in [0.2, 0.25) is 0 Å². The Bertz CT molecular complexity index is 3190. The molecule has 3 heterocycles. The standard InChI is InChI=1S/C47H27N3O2/c1-2-11-34-29(9-1)10-7-14-36(34)46-48-45(49-47(50-46)38-15-8-18-42-44(38)37-13-4-6-17-41(37)51-42)30-21-19-28(20-22-30)31-23-24-32-26-39-35-12-3-5-16-40(35)52-43(39)27-33(32)25-31/h1-27H. The van der Waals surface area contributed by atoms with Crippen LogP contribution in [-0.2, 0) is 0 Å². The van der Waals surface area contributed by atoms with E-state index in [4.69, 9.17) is 23.8 Å². The highest BCUT2D eigenvalue weighted by atomic mass is 16.3. The van der Waals surface area contributed by atoms with Gasteiger partial charge in [-0.05, 0) is 69.1 Å². The number of hydrogen-bond donors (Lipinski definition) is 0. The highest BCUT2D eigenvalue weighted by molar-refractivity contribution is 6.12. The van der Waals surface area contributed by atoms with Crippen molar-refractivity contribution >= 4 is 65.4 Å². The van der Waals surface area contributed by atoms with Crippen molar-refractivity contribution in [1.82, 2.24) is 15.0 Å². The van der Waals surface area contributed by atoms with Crippen LogP contribution in [0.5, 0.6) is 0 Å². The highest BCUT2D eigenvalue weighted by Gasteiger charge is 2.19. The Morgan fingerprint density at radius 1 is 0.308 bits per heavy atom. The number of hydrogen-bond acceptors (Lipinski definition) is 5. The van der Waals surface area contributed by atoms with Gasteiger partial charge in [0.15, 0.2) is 17.5 Å². The summed E-state index contributed by atoms with van der Waals surface area (Å²) < 4.78 is 12.4. The smallest absolute Gasteiger partial charge is 0.164 e. The Labute approximate surface area is 297 Å². The van der Waals surface area contributed by atoms with Gasteiger partial charge >= 0.3 is 0 Å². The summed E-state index contributed by atoms with van der Waals surface area (Å²) in [5.74, 6) is 1.83. The summed E-state index contributed by atoms with van der Waals surface area (Å²) in [4.78, 5) is 15.4. The molecule has 0 saturated heterocycles. The van der Waals surface area contributed by atoms with Crippen LogP contribution in [0.4, 0.5) is 0 Å². The fraction of sp³-hybridized carbons (Fsp3) is 0. The Kier molecular flexibility index (Phi) is 6.18. The number of furan rings is 2. The second-order valence-corrected chi connectivity index (χ2v) is 13.2. The van der Waals surface area contributed by atoms with Crippen LogP contribution in [-0.4, -0.2) is 15.0 Å². The number of nitrogens with zero attached hydrogens (tertiary/aromatic N) is 3. The molecule has 0 atom stereocenters. The second-order valence-electron chi connectivity index (χ2n) is 13.2. The summed E-state index contributed by atoms with van der Waals surface area (Å²) in [6.45, 7) is 0. The van der Waals surface area contributed by atoms with Crippen LogP contribution >= 0.6 is 0 Å². The predicted octanol–water partition coefficient (Wildman–Crippen LogP) is 12.6. The van der Waals surface area contributed by atoms with E-state index >= 15 is 0 Å². The lowest BCUT2D eigenvalue weighted by atomic mass is 9.99. The van der Waals surface area contributed by atoms with Crippen LogP contribution in [0.15, 0.2) is 173 Å². The van der Waals surface area contributed by atoms with Gasteiger partial charge in [-0.15, -0.1) is 0 Å². The van der Waals surface area contributed by atoms with Crippen molar-refractivity contribution < 1.29 is 8.83 Å². The minimum Gasteiger partial charge on any atom is -0.456 e. The fourth-order valence-electron chi connectivity index (χ4n) is 7.59. The zero-order valence-corrected chi connectivity index (χ0v) is 27.7. The maximum absolute atomic E-state index is 6.24. The SMILES string of the molecule is c1ccc2c(-c3nc(-c4ccc(-c5ccc6cc7c(cc6c5)oc5ccccc57)cc4)nc(-c4cccc5oc6ccccc6c45)n3)cccc2c1. The van der Waals surface area contributed by atoms with Gasteiger partial charge in [-0.25, -0.2) is 15.0 Å². The van der Waals surface area contributed by atoms with E-state index in [2.05, 4.69) is 121 Å². The van der Waals surface area contributed by atoms with Crippen molar-refractivity contribution in [1.29, 1.82) is 0 Å². The molecule has 52 heavy (non-hydrogen) atoms. The van der Waals surface area contributed by atoms with Crippen molar-refractivity contribution in [3.63, 3.8) is 0 Å². The molecule has 3 aromatic heterocycles. The molecule has 0 aliphatic heterocycles. The van der Waals surface area contributed by atoms with Crippen molar-refractivity contribution in [2.45, 2.75) is 0 Å². The molecule has 11 aromatic rings. The van der Waals surface area contributed by atoms with E-state index in [9.17, 15) is 0 Å². The van der Waals surface area contributed by atoms with Gasteiger partial charge < -0.3 is 8.83 Å². The zero-order valence-electron chi connectivity index (χ0n) is 27.7. The number of aromatic nitrogens is 3. The Morgan fingerprint density at radius 2 is 0.904 bits per heavy atom. The molecular weight excluding hydrogens is 639 g/mol. The Morgan fingerprint density at radius 3 is 1.77 bits per heavy atom. The third-order valence-corrected chi connectivity index (χ3v) is 10.1. The first-order chi connectivity index (χ1) is 25.7. The van der Waals surface area contributed by atoms with Crippen molar-refractivity contribution in [2.75, 3.05) is 0 Å². The van der Waals surface area contributed by atoms with E-state index in [0.717, 1.165) is 87.9 Å². The average Bonchev–Trinajstić information content (AvgIpc) is 3.77. The molecule has 0 amide bonds. The lowest BCUT2D eigenvalue weighted by molar-refractivity contribution is 0.669. The van der Waals surface area contributed by atoms with Gasteiger partial charge in [0.05, 0.1) is 0 Å². The molecule has 0 fully saturated rings. The van der Waals surface area contributed by atoms with Crippen molar-refractivity contribution in [2.24, 2.45) is 0 Å². The van der Waals surface area contributed by atoms with Gasteiger partial charge in [-0.1, -0.05) is 127 Å². The van der Waals surface area contributed by atoms with Gasteiger partial charge in [0.25, 0.3) is 0 Å². The Balaban J connectivity index is 1.05. The van der Waals surface area contributed by atoms with Gasteiger partial charge in [-0.2, -0.15) is 0 Å². The first-order valence-corrected chi connectivity index (χ1v) is 17.3. The average molecular weight is 666 g/mol. The molecule has 0 aliphatic carbocycles. The maximum Gasteiger partial charge on any atom is 0.164 e. The lowest BCUT2D eigenvalue weighted by Gasteiger charge is -2.11. The first kappa shape index (κ1) is 28.7. The molecule has 8 aromatic carbocycles. The van der Waals surface area contributed by atoms with E-state index in [1.807, 2.05) is 42.5 Å². The number of para-hydroxylation sites is 2. The summed E-state index contributed by atoms with van der Waals surface area (Å²) in [5, 5.41) is 8.83. The zero-order chi connectivity index (χ0) is 34.2. The summed E-state index contributed by atoms with van der Waals surface area (Å²) in [6, 6.07) is 56.4. The fourth-order valence-corrected chi connectivity index (χ4v) is 7.59. The minimum absolute atomic E-state index is 0.598. The van der Waals surface area contributed by atoms with Gasteiger partial charge in [0.1, 0.15) is 22.3 Å². The predicted molar refractivity (Wildman–Crippen MR) is 211 cm³/mol. The summed E-state index contributed by atoms with van der Waals surface area (Å²) in [6.07, 6.45) is 0. The lowest BCUT2D eigenvalue weighted by Crippen LogP contribution is -2.01. The van der Waals surface area contributed by atoms with Crippen LogP contribution in [0.1, 0.15) is 0 Å². The third kappa shape index (κ3) is 4.53. The van der Waals surface area contributed by atoms with Gasteiger partial charge in [-0.3, -0.25) is 0 Å². The molecule has 11 rings (SSSR count). The molecular formula is C47H27N3O2. The monoisotopic (exact) mass is 665 g/mol. The van der Waals surface area contributed by atoms with Crippen molar-refractivity contribution in [3.8, 4) is 45.3 Å². The summed E-state index contributed by atoms with van der Waals surface area (Å²) >= 11 is 0. The minimum atomic E-state index is 0.598. The van der Waals surface area contributed by atoms with Gasteiger partial charge in [0.2, 0.25) is 0 Å². The van der Waals surface area contributed by atoms with E-state index in [1.165, 1.54) is 5.39 Å². The van der Waals surface area contributed by atoms with E-state index in [0.29, 0.717) is 17.5 Å². The molecule has 0 aliphatic rings. The highest BCUT2D eigenvalue weighted by Crippen LogP contribution is 2.38. The maximum atomic E-state index is 6.24. The van der Waals surface area contributed by atoms with Crippen LogP contribution in [0.25, 0.3) is 111 Å². The summed E-state index contributed by atoms with van der Waals surface area (Å²) in [5.41, 5.74) is 8.43. The molecule has 5 nitrogen and oxygen atoms in total. The molecule has 0 radical (unpaired) electrons. The van der Waals surface area contributed by atoms with Gasteiger partial charge in [0, 0.05) is 38.2 Å². The van der Waals surface area contributed by atoms with Crippen LogP contribution in [0.3, 0.4) is 0 Å². The van der Waals surface area contributed by atoms with Crippen molar-refractivity contribution in [3.05, 3.63) is 164 Å². The molecule has 0 N–H and O–H groups in total. The topological polar surface area (TPSA) is 65.0 Å². The second kappa shape index (κ2) is 11.2. The quantitative estimate of drug-likeness (QED) is 0.187. The molecule has 242 valence electrons. The van der Waals surface area contributed by atoms with E-state index < -0.39 is 0 Å². The van der Waals surface area contributed by atoms with Crippen LogP contribution in [0, 0.1) is 0 Å².